The predicted octanol–water partition coefficient (Wildman–Crippen LogP) is 3.69. The molecule has 0 bridgehead atoms. The number of alkyl halides is 1. The summed E-state index contributed by atoms with van der Waals surface area (Å²) >= 11 is 0. The number of methoxy groups -OCH3 is 1. The molecule has 0 radical (unpaired) electrons. The number of rotatable bonds is 4. The lowest BCUT2D eigenvalue weighted by molar-refractivity contribution is -0.187. The van der Waals surface area contributed by atoms with Gasteiger partial charge in [0.25, 0.3) is 0 Å². The molecule has 176 valence electrons. The van der Waals surface area contributed by atoms with Crippen molar-refractivity contribution in [2.24, 2.45) is 46.3 Å². The molecule has 0 aliphatic heterocycles. The summed E-state index contributed by atoms with van der Waals surface area (Å²) in [5, 5.41) is 20.6. The first-order valence-electron chi connectivity index (χ1n) is 12.1. The number of hydrogen-bond acceptors (Lipinski definition) is 5. The Bertz CT molecular complexity index is 727. The number of aliphatic hydroxyl groups excluding tert-OH is 2. The molecular weight excluding hydrogens is 399 g/mol. The first-order chi connectivity index (χ1) is 14.5. The van der Waals surface area contributed by atoms with E-state index in [1.807, 2.05) is 0 Å². The van der Waals surface area contributed by atoms with Gasteiger partial charge < -0.3 is 14.9 Å². The second-order valence-electron chi connectivity index (χ2n) is 11.5. The van der Waals surface area contributed by atoms with Crippen LogP contribution in [0, 0.1) is 46.3 Å². The molecule has 5 nitrogen and oxygen atoms in total. The summed E-state index contributed by atoms with van der Waals surface area (Å²) in [5.74, 6) is -0.356. The Kier molecular flexibility index (Phi) is 6.04. The number of hydrogen-bond donors (Lipinski definition) is 2. The second kappa shape index (κ2) is 8.09. The summed E-state index contributed by atoms with van der Waals surface area (Å²) in [7, 11) is 1.41. The van der Waals surface area contributed by atoms with Crippen molar-refractivity contribution in [2.45, 2.75) is 90.5 Å². The zero-order valence-corrected chi connectivity index (χ0v) is 19.4. The van der Waals surface area contributed by atoms with Crippen LogP contribution in [0.15, 0.2) is 0 Å². The van der Waals surface area contributed by atoms with Gasteiger partial charge >= 0.3 is 5.97 Å². The lowest BCUT2D eigenvalue weighted by Gasteiger charge is -2.61. The zero-order valence-electron chi connectivity index (χ0n) is 19.4. The number of aliphatic hydroxyl groups is 2. The number of ether oxygens (including phenoxy) is 1. The highest BCUT2D eigenvalue weighted by Gasteiger charge is 2.66. The Morgan fingerprint density at radius 2 is 1.84 bits per heavy atom. The lowest BCUT2D eigenvalue weighted by atomic mass is 9.43. The molecule has 4 saturated carbocycles. The van der Waals surface area contributed by atoms with Gasteiger partial charge in [-0.3, -0.25) is 9.59 Å². The first kappa shape index (κ1) is 23.2. The van der Waals surface area contributed by atoms with Crippen molar-refractivity contribution in [3.05, 3.63) is 0 Å². The molecule has 0 unspecified atom stereocenters. The molecule has 0 aromatic heterocycles. The standard InChI is InChI=1S/C25H39FO5/c1-13(5-8-20(29)31-4)14-6-7-15-21-16(9-10-24(14,15)2)25(3)12-19(28)18(27)11-17(25)23(30)22(21)26/h13-19,21-22,27-28H,5-12H2,1-4H3/t13-,14-,15+,16+,17-,18+,19-,21+,22+,24-,25-/m1/s1. The number of carbonyl (C=O) groups excluding carboxylic acids is 2. The number of ketones is 1. The molecular formula is C25H39FO5. The Hall–Kier alpha value is -1.01. The molecule has 31 heavy (non-hydrogen) atoms. The fourth-order valence-electron chi connectivity index (χ4n) is 8.63. The van der Waals surface area contributed by atoms with Crippen molar-refractivity contribution < 1.29 is 28.9 Å². The number of esters is 1. The maximum Gasteiger partial charge on any atom is 0.305 e. The Balaban J connectivity index is 1.59. The van der Waals surface area contributed by atoms with Gasteiger partial charge in [-0.25, -0.2) is 4.39 Å². The molecule has 0 amide bonds. The van der Waals surface area contributed by atoms with Gasteiger partial charge in [-0.15, -0.1) is 0 Å². The average Bonchev–Trinajstić information content (AvgIpc) is 3.09. The molecule has 0 saturated heterocycles. The number of fused-ring (bicyclic) bond motifs is 5. The lowest BCUT2D eigenvalue weighted by Crippen LogP contribution is -2.63. The highest BCUT2D eigenvalue weighted by Crippen LogP contribution is 2.68. The van der Waals surface area contributed by atoms with Gasteiger partial charge in [0, 0.05) is 18.3 Å². The van der Waals surface area contributed by atoms with E-state index in [9.17, 15) is 19.8 Å². The van der Waals surface area contributed by atoms with Gasteiger partial charge in [0.15, 0.2) is 12.0 Å². The van der Waals surface area contributed by atoms with Gasteiger partial charge in [0.2, 0.25) is 0 Å². The molecule has 0 aromatic rings. The molecule has 4 rings (SSSR count). The molecule has 11 atom stereocenters. The van der Waals surface area contributed by atoms with Crippen LogP contribution < -0.4 is 0 Å². The van der Waals surface area contributed by atoms with Crippen LogP contribution in [0.25, 0.3) is 0 Å². The van der Waals surface area contributed by atoms with Crippen LogP contribution in [0.2, 0.25) is 0 Å². The smallest absolute Gasteiger partial charge is 0.305 e. The van der Waals surface area contributed by atoms with E-state index in [0.29, 0.717) is 24.7 Å². The topological polar surface area (TPSA) is 83.8 Å². The van der Waals surface area contributed by atoms with Crippen LogP contribution in [0.1, 0.15) is 72.1 Å². The summed E-state index contributed by atoms with van der Waals surface area (Å²) in [6.45, 7) is 6.54. The predicted molar refractivity (Wildman–Crippen MR) is 114 cm³/mol. The molecule has 4 aliphatic rings. The number of carbonyl (C=O) groups is 2. The molecule has 0 aromatic carbocycles. The normalized spacial score (nSPS) is 50.2. The molecule has 2 N–H and O–H groups in total. The SMILES string of the molecule is COC(=O)CC[C@@H](C)[C@H]1CC[C@H]2[C@@H]3[C@H](F)C(=O)[C@H]4C[C@H](O)[C@H](O)C[C@]4(C)[C@H]3CC[C@]12C. The van der Waals surface area contributed by atoms with Crippen LogP contribution in [0.3, 0.4) is 0 Å². The molecule has 0 heterocycles. The van der Waals surface area contributed by atoms with Crippen LogP contribution in [0.4, 0.5) is 4.39 Å². The van der Waals surface area contributed by atoms with Crippen molar-refractivity contribution in [1.82, 2.24) is 0 Å². The van der Waals surface area contributed by atoms with E-state index in [2.05, 4.69) is 20.8 Å². The third-order valence-electron chi connectivity index (χ3n) is 10.3. The molecule has 6 heteroatoms. The largest absolute Gasteiger partial charge is 0.469 e. The highest BCUT2D eigenvalue weighted by molar-refractivity contribution is 5.87. The molecule has 4 fully saturated rings. The van der Waals surface area contributed by atoms with Gasteiger partial charge in [-0.2, -0.15) is 0 Å². The second-order valence-corrected chi connectivity index (χ2v) is 11.5. The van der Waals surface area contributed by atoms with Crippen molar-refractivity contribution >= 4 is 11.8 Å². The van der Waals surface area contributed by atoms with Crippen molar-refractivity contribution in [2.75, 3.05) is 7.11 Å². The van der Waals surface area contributed by atoms with Crippen molar-refractivity contribution in [3.8, 4) is 0 Å². The summed E-state index contributed by atoms with van der Waals surface area (Å²) in [6, 6.07) is 0. The summed E-state index contributed by atoms with van der Waals surface area (Å²) < 4.78 is 20.6. The average molecular weight is 439 g/mol. The van der Waals surface area contributed by atoms with E-state index in [4.69, 9.17) is 4.74 Å². The van der Waals surface area contributed by atoms with Gasteiger partial charge in [-0.1, -0.05) is 20.8 Å². The quantitative estimate of drug-likeness (QED) is 0.654. The minimum Gasteiger partial charge on any atom is -0.469 e. The highest BCUT2D eigenvalue weighted by atomic mass is 19.1. The maximum absolute atomic E-state index is 15.8. The van der Waals surface area contributed by atoms with Gasteiger partial charge in [-0.05, 0) is 79.4 Å². The van der Waals surface area contributed by atoms with E-state index in [1.165, 1.54) is 7.11 Å². The Morgan fingerprint density at radius 3 is 2.52 bits per heavy atom. The third kappa shape index (κ3) is 3.47. The van der Waals surface area contributed by atoms with Crippen LogP contribution in [-0.2, 0) is 14.3 Å². The van der Waals surface area contributed by atoms with Crippen molar-refractivity contribution in [3.63, 3.8) is 0 Å². The first-order valence-corrected chi connectivity index (χ1v) is 12.1. The van der Waals surface area contributed by atoms with Crippen molar-refractivity contribution in [1.29, 1.82) is 0 Å². The van der Waals surface area contributed by atoms with E-state index in [0.717, 1.165) is 32.1 Å². The van der Waals surface area contributed by atoms with Crippen LogP contribution in [0.5, 0.6) is 0 Å². The van der Waals surface area contributed by atoms with Gasteiger partial charge in [0.05, 0.1) is 19.3 Å². The zero-order chi connectivity index (χ0) is 22.7. The van der Waals surface area contributed by atoms with E-state index < -0.39 is 29.7 Å². The minimum absolute atomic E-state index is 0.0304. The third-order valence-corrected chi connectivity index (χ3v) is 10.3. The number of Topliss-reactive ketones (excluding diaryl/α,β-unsaturated/α-hetero) is 1. The van der Waals surface area contributed by atoms with E-state index in [1.54, 1.807) is 0 Å². The summed E-state index contributed by atoms with van der Waals surface area (Å²) in [6.07, 6.45) is 2.27. The van der Waals surface area contributed by atoms with E-state index >= 15 is 4.39 Å². The van der Waals surface area contributed by atoms with Gasteiger partial charge in [0.1, 0.15) is 0 Å². The fourth-order valence-corrected chi connectivity index (χ4v) is 8.63. The summed E-state index contributed by atoms with van der Waals surface area (Å²) in [4.78, 5) is 24.8. The maximum atomic E-state index is 15.8. The Morgan fingerprint density at radius 1 is 1.16 bits per heavy atom. The number of halogens is 1. The summed E-state index contributed by atoms with van der Waals surface area (Å²) in [5.41, 5.74) is -0.476. The monoisotopic (exact) mass is 438 g/mol. The van der Waals surface area contributed by atoms with Crippen LogP contribution >= 0.6 is 0 Å². The molecule has 4 aliphatic carbocycles. The van der Waals surface area contributed by atoms with E-state index in [-0.39, 0.29) is 41.3 Å². The van der Waals surface area contributed by atoms with Crippen LogP contribution in [-0.4, -0.2) is 47.5 Å². The fraction of sp³-hybridized carbons (Fsp3) is 0.920. The Labute approximate surface area is 185 Å². The molecule has 0 spiro atoms. The minimum atomic E-state index is -1.47.